The maximum absolute atomic E-state index is 10.7. The van der Waals surface area contributed by atoms with Crippen LogP contribution in [0.4, 0.5) is 0 Å². The molecule has 0 unspecified atom stereocenters. The van der Waals surface area contributed by atoms with Crippen LogP contribution in [0, 0.1) is 5.41 Å². The van der Waals surface area contributed by atoms with Gasteiger partial charge in [0, 0.05) is 18.6 Å². The minimum absolute atomic E-state index is 0.0756. The van der Waals surface area contributed by atoms with Crippen LogP contribution in [0.1, 0.15) is 12.8 Å². The van der Waals surface area contributed by atoms with Gasteiger partial charge in [0.15, 0.2) is 0 Å². The van der Waals surface area contributed by atoms with E-state index in [9.17, 15) is 4.21 Å². The average Bonchev–Trinajstić information content (AvgIpc) is 2.13. The lowest BCUT2D eigenvalue weighted by Gasteiger charge is -2.38. The fraction of sp³-hybridized carbons (Fsp3) is 1.00. The predicted molar refractivity (Wildman–Crippen MR) is 42.5 cm³/mol. The highest BCUT2D eigenvalue weighted by molar-refractivity contribution is 7.75. The first kappa shape index (κ1) is 8.62. The van der Waals surface area contributed by atoms with Crippen LogP contribution in [0.2, 0.25) is 0 Å². The van der Waals surface area contributed by atoms with E-state index in [0.29, 0.717) is 13.2 Å². The molecule has 0 amide bonds. The van der Waals surface area contributed by atoms with Crippen molar-refractivity contribution >= 4 is 11.4 Å². The zero-order valence-corrected chi connectivity index (χ0v) is 7.60. The van der Waals surface area contributed by atoms with Gasteiger partial charge in [-0.05, 0) is 12.8 Å². The van der Waals surface area contributed by atoms with Crippen molar-refractivity contribution in [2.24, 2.45) is 5.41 Å². The zero-order chi connectivity index (χ0) is 8.44. The van der Waals surface area contributed by atoms with E-state index < -0.39 is 11.4 Å². The minimum Gasteiger partial charge on any atom is -0.381 e. The van der Waals surface area contributed by atoms with Crippen LogP contribution in [0.25, 0.3) is 0 Å². The molecule has 0 aromatic heterocycles. The van der Waals surface area contributed by atoms with Crippen molar-refractivity contribution in [2.75, 3.05) is 26.4 Å². The first-order valence-electron chi connectivity index (χ1n) is 4.07. The van der Waals surface area contributed by atoms with Crippen molar-refractivity contribution < 1.29 is 17.3 Å². The van der Waals surface area contributed by atoms with Gasteiger partial charge in [-0.3, -0.25) is 8.37 Å². The maximum atomic E-state index is 10.7. The van der Waals surface area contributed by atoms with Gasteiger partial charge in [0.2, 0.25) is 0 Å². The molecule has 0 atom stereocenters. The third-order valence-corrected chi connectivity index (χ3v) is 3.10. The number of hydrogen-bond acceptors (Lipinski definition) is 4. The monoisotopic (exact) mass is 192 g/mol. The zero-order valence-electron chi connectivity index (χ0n) is 6.78. The Bertz CT molecular complexity index is 176. The summed E-state index contributed by atoms with van der Waals surface area (Å²) in [6, 6.07) is 0. The molecular formula is C7H12O4S. The van der Waals surface area contributed by atoms with Crippen molar-refractivity contribution in [1.29, 1.82) is 0 Å². The van der Waals surface area contributed by atoms with Crippen molar-refractivity contribution in [2.45, 2.75) is 12.8 Å². The Morgan fingerprint density at radius 2 is 1.67 bits per heavy atom. The van der Waals surface area contributed by atoms with Crippen molar-refractivity contribution in [1.82, 2.24) is 0 Å². The summed E-state index contributed by atoms with van der Waals surface area (Å²) < 4.78 is 25.9. The van der Waals surface area contributed by atoms with Crippen LogP contribution in [0.15, 0.2) is 0 Å². The summed E-state index contributed by atoms with van der Waals surface area (Å²) in [6.07, 6.45) is 1.90. The van der Waals surface area contributed by atoms with Gasteiger partial charge in [-0.25, -0.2) is 0 Å². The smallest absolute Gasteiger partial charge is 0.304 e. The molecule has 0 saturated carbocycles. The Hall–Kier alpha value is 0.0300. The molecular weight excluding hydrogens is 180 g/mol. The van der Waals surface area contributed by atoms with Gasteiger partial charge >= 0.3 is 11.4 Å². The molecule has 0 N–H and O–H groups in total. The molecule has 0 aromatic carbocycles. The SMILES string of the molecule is O=S1OCC2(CCOCC2)CO1. The molecule has 1 spiro atoms. The molecule has 4 nitrogen and oxygen atoms in total. The van der Waals surface area contributed by atoms with E-state index in [1.54, 1.807) is 0 Å². The Labute approximate surface area is 74.1 Å². The van der Waals surface area contributed by atoms with Crippen molar-refractivity contribution in [3.8, 4) is 0 Å². The lowest BCUT2D eigenvalue weighted by atomic mass is 9.82. The highest BCUT2D eigenvalue weighted by Gasteiger charge is 2.37. The molecule has 2 fully saturated rings. The second-order valence-electron chi connectivity index (χ2n) is 3.34. The van der Waals surface area contributed by atoms with Crippen LogP contribution >= 0.6 is 0 Å². The highest BCUT2D eigenvalue weighted by atomic mass is 32.2. The number of ether oxygens (including phenoxy) is 1. The van der Waals surface area contributed by atoms with Crippen LogP contribution in [-0.4, -0.2) is 30.6 Å². The minimum atomic E-state index is -1.51. The van der Waals surface area contributed by atoms with E-state index in [2.05, 4.69) is 0 Å². The normalized spacial score (nSPS) is 30.7. The predicted octanol–water partition coefficient (Wildman–Crippen LogP) is 0.409. The molecule has 70 valence electrons. The molecule has 5 heteroatoms. The average molecular weight is 192 g/mol. The summed E-state index contributed by atoms with van der Waals surface area (Å²) >= 11 is -1.51. The third kappa shape index (κ3) is 1.69. The Morgan fingerprint density at radius 3 is 2.25 bits per heavy atom. The van der Waals surface area contributed by atoms with Gasteiger partial charge in [0.1, 0.15) is 0 Å². The number of hydrogen-bond donors (Lipinski definition) is 0. The molecule has 0 aromatic rings. The largest absolute Gasteiger partial charge is 0.381 e. The van der Waals surface area contributed by atoms with Crippen LogP contribution in [-0.2, 0) is 24.5 Å². The highest BCUT2D eigenvalue weighted by Crippen LogP contribution is 2.34. The lowest BCUT2D eigenvalue weighted by Crippen LogP contribution is -2.42. The van der Waals surface area contributed by atoms with Crippen LogP contribution in [0.3, 0.4) is 0 Å². The van der Waals surface area contributed by atoms with Crippen molar-refractivity contribution in [3.63, 3.8) is 0 Å². The Kier molecular flexibility index (Phi) is 2.45. The summed E-state index contributed by atoms with van der Waals surface area (Å²) in [5.74, 6) is 0. The van der Waals surface area contributed by atoms with Gasteiger partial charge < -0.3 is 4.74 Å². The molecule has 12 heavy (non-hydrogen) atoms. The summed E-state index contributed by atoms with van der Waals surface area (Å²) in [5, 5.41) is 0. The quantitative estimate of drug-likeness (QED) is 0.557. The second kappa shape index (κ2) is 3.41. The van der Waals surface area contributed by atoms with Gasteiger partial charge in [-0.2, -0.15) is 4.21 Å². The first-order valence-corrected chi connectivity index (χ1v) is 5.07. The lowest BCUT2D eigenvalue weighted by molar-refractivity contribution is -0.0511. The Morgan fingerprint density at radius 1 is 1.08 bits per heavy atom. The van der Waals surface area contributed by atoms with Crippen LogP contribution in [0.5, 0.6) is 0 Å². The van der Waals surface area contributed by atoms with Gasteiger partial charge in [-0.1, -0.05) is 0 Å². The molecule has 0 aliphatic carbocycles. The second-order valence-corrected chi connectivity index (χ2v) is 4.22. The van der Waals surface area contributed by atoms with E-state index in [1.807, 2.05) is 0 Å². The van der Waals surface area contributed by atoms with Gasteiger partial charge in [0.25, 0.3) is 0 Å². The van der Waals surface area contributed by atoms with E-state index in [1.165, 1.54) is 0 Å². The van der Waals surface area contributed by atoms with E-state index in [-0.39, 0.29) is 5.41 Å². The molecule has 2 rings (SSSR count). The first-order chi connectivity index (χ1) is 5.81. The molecule has 2 saturated heterocycles. The molecule has 2 heterocycles. The summed E-state index contributed by atoms with van der Waals surface area (Å²) in [7, 11) is 0. The summed E-state index contributed by atoms with van der Waals surface area (Å²) in [5.41, 5.74) is 0.0756. The third-order valence-electron chi connectivity index (χ3n) is 2.48. The van der Waals surface area contributed by atoms with Crippen LogP contribution < -0.4 is 0 Å². The Balaban J connectivity index is 1.96. The summed E-state index contributed by atoms with van der Waals surface area (Å²) in [4.78, 5) is 0. The van der Waals surface area contributed by atoms with Gasteiger partial charge in [-0.15, -0.1) is 0 Å². The van der Waals surface area contributed by atoms with Gasteiger partial charge in [0.05, 0.1) is 13.2 Å². The van der Waals surface area contributed by atoms with Crippen molar-refractivity contribution in [3.05, 3.63) is 0 Å². The van der Waals surface area contributed by atoms with E-state index in [0.717, 1.165) is 26.1 Å². The fourth-order valence-corrected chi connectivity index (χ4v) is 2.28. The summed E-state index contributed by atoms with van der Waals surface area (Å²) in [6.45, 7) is 2.62. The molecule has 0 radical (unpaired) electrons. The standard InChI is InChI=1S/C7H12O4S/c8-12-10-5-7(6-11-12)1-3-9-4-2-7/h1-6H2. The van der Waals surface area contributed by atoms with E-state index in [4.69, 9.17) is 13.1 Å². The molecule has 2 aliphatic rings. The maximum Gasteiger partial charge on any atom is 0.304 e. The van der Waals surface area contributed by atoms with E-state index >= 15 is 0 Å². The number of rotatable bonds is 0. The topological polar surface area (TPSA) is 44.8 Å². The fourth-order valence-electron chi connectivity index (χ4n) is 1.51. The molecule has 2 aliphatic heterocycles. The molecule has 0 bridgehead atoms.